The Morgan fingerprint density at radius 1 is 1.28 bits per heavy atom. The van der Waals surface area contributed by atoms with Crippen molar-refractivity contribution < 1.29 is 5.11 Å². The van der Waals surface area contributed by atoms with Crippen LogP contribution in [0.2, 0.25) is 0 Å². The molecule has 2 aromatic rings. The second kappa shape index (κ2) is 5.48. The summed E-state index contributed by atoms with van der Waals surface area (Å²) in [6.45, 7) is 1.74. The first-order valence-electron chi connectivity index (χ1n) is 5.94. The summed E-state index contributed by atoms with van der Waals surface area (Å²) in [4.78, 5) is 0. The van der Waals surface area contributed by atoms with Gasteiger partial charge in [-0.1, -0.05) is 42.5 Å². The molecule has 2 heteroatoms. The zero-order valence-electron chi connectivity index (χ0n) is 10.3. The Morgan fingerprint density at radius 2 is 2.00 bits per heavy atom. The summed E-state index contributed by atoms with van der Waals surface area (Å²) < 4.78 is 0. The molecule has 0 aliphatic rings. The molecule has 1 N–H and O–H groups in total. The van der Waals surface area contributed by atoms with Gasteiger partial charge in [0.05, 0.1) is 12.2 Å². The lowest BCUT2D eigenvalue weighted by molar-refractivity contribution is 0.181. The van der Waals surface area contributed by atoms with Crippen molar-refractivity contribution in [1.82, 2.24) is 0 Å². The van der Waals surface area contributed by atoms with Crippen LogP contribution in [0.15, 0.2) is 54.1 Å². The monoisotopic (exact) mass is 237 g/mol. The van der Waals surface area contributed by atoms with Crippen molar-refractivity contribution in [3.63, 3.8) is 0 Å². The molecule has 0 radical (unpaired) electrons. The molecule has 0 amide bonds. The second-order valence-electron chi connectivity index (χ2n) is 4.36. The number of aliphatic hydroxyl groups excluding tert-OH is 1. The number of aliphatic hydroxyl groups is 1. The first kappa shape index (κ1) is 12.3. The van der Waals surface area contributed by atoms with Crippen molar-refractivity contribution in [2.45, 2.75) is 19.4 Å². The molecular weight excluding hydrogens is 222 g/mol. The van der Waals surface area contributed by atoms with E-state index in [0.717, 1.165) is 16.3 Å². The summed E-state index contributed by atoms with van der Waals surface area (Å²) >= 11 is 0. The molecule has 0 spiro atoms. The molecule has 0 aliphatic heterocycles. The van der Waals surface area contributed by atoms with Crippen molar-refractivity contribution in [3.05, 3.63) is 59.7 Å². The average molecular weight is 237 g/mol. The average Bonchev–Trinajstić information content (AvgIpc) is 2.43. The normalized spacial score (nSPS) is 13.3. The fourth-order valence-electron chi connectivity index (χ4n) is 1.89. The van der Waals surface area contributed by atoms with Crippen LogP contribution in [0.5, 0.6) is 0 Å². The summed E-state index contributed by atoms with van der Waals surface area (Å²) in [5.41, 5.74) is 1.52. The molecule has 90 valence electrons. The quantitative estimate of drug-likeness (QED) is 0.826. The Hall–Kier alpha value is -2.11. The van der Waals surface area contributed by atoms with E-state index in [1.165, 1.54) is 0 Å². The minimum atomic E-state index is -0.557. The van der Waals surface area contributed by atoms with Gasteiger partial charge in [0, 0.05) is 5.57 Å². The number of nitrogens with zero attached hydrogens (tertiary/aromatic N) is 1. The molecule has 0 saturated carbocycles. The van der Waals surface area contributed by atoms with Crippen LogP contribution in [-0.4, -0.2) is 5.11 Å². The van der Waals surface area contributed by atoms with Crippen LogP contribution in [-0.2, 0) is 0 Å². The van der Waals surface area contributed by atoms with Crippen molar-refractivity contribution in [2.24, 2.45) is 0 Å². The second-order valence-corrected chi connectivity index (χ2v) is 4.36. The van der Waals surface area contributed by atoms with Gasteiger partial charge in [-0.25, -0.2) is 0 Å². The molecule has 0 bridgehead atoms. The number of fused-ring (bicyclic) bond motifs is 1. The first-order chi connectivity index (χ1) is 8.70. The Kier molecular flexibility index (Phi) is 3.76. The largest absolute Gasteiger partial charge is 0.388 e. The van der Waals surface area contributed by atoms with Gasteiger partial charge < -0.3 is 5.11 Å². The van der Waals surface area contributed by atoms with Gasteiger partial charge in [0.15, 0.2) is 0 Å². The molecule has 2 nitrogen and oxygen atoms in total. The topological polar surface area (TPSA) is 44.0 Å². The van der Waals surface area contributed by atoms with Gasteiger partial charge in [0.2, 0.25) is 0 Å². The molecule has 2 rings (SSSR count). The van der Waals surface area contributed by atoms with Gasteiger partial charge in [0.1, 0.15) is 0 Å². The molecule has 1 atom stereocenters. The third-order valence-corrected chi connectivity index (χ3v) is 2.98. The molecular formula is C16H15NO. The Bertz CT molecular complexity index is 622. The Labute approximate surface area is 107 Å². The van der Waals surface area contributed by atoms with Gasteiger partial charge in [-0.05, 0) is 35.7 Å². The van der Waals surface area contributed by atoms with Crippen molar-refractivity contribution in [1.29, 1.82) is 5.26 Å². The summed E-state index contributed by atoms with van der Waals surface area (Å²) in [6.07, 6.45) is 1.68. The number of nitriles is 1. The van der Waals surface area contributed by atoms with E-state index in [4.69, 9.17) is 5.26 Å². The van der Waals surface area contributed by atoms with Gasteiger partial charge in [-0.15, -0.1) is 0 Å². The third kappa shape index (κ3) is 2.77. The molecule has 0 aromatic heterocycles. The molecule has 0 unspecified atom stereocenters. The van der Waals surface area contributed by atoms with E-state index in [9.17, 15) is 5.11 Å². The predicted octanol–water partition coefficient (Wildman–Crippen LogP) is 3.73. The van der Waals surface area contributed by atoms with Gasteiger partial charge in [0.25, 0.3) is 0 Å². The van der Waals surface area contributed by atoms with Crippen LogP contribution in [0.1, 0.15) is 25.0 Å². The molecule has 0 saturated heterocycles. The molecule has 18 heavy (non-hydrogen) atoms. The highest BCUT2D eigenvalue weighted by Gasteiger charge is 2.06. The Morgan fingerprint density at radius 3 is 2.72 bits per heavy atom. The van der Waals surface area contributed by atoms with Crippen LogP contribution >= 0.6 is 0 Å². The molecule has 0 heterocycles. The van der Waals surface area contributed by atoms with Gasteiger partial charge in [-0.3, -0.25) is 0 Å². The van der Waals surface area contributed by atoms with E-state index in [-0.39, 0.29) is 0 Å². The zero-order chi connectivity index (χ0) is 13.0. The number of rotatable bonds is 3. The Balaban J connectivity index is 2.23. The smallest absolute Gasteiger partial charge is 0.0940 e. The van der Waals surface area contributed by atoms with Crippen LogP contribution in [0, 0.1) is 11.3 Å². The zero-order valence-corrected chi connectivity index (χ0v) is 10.3. The van der Waals surface area contributed by atoms with Crippen LogP contribution in [0.3, 0.4) is 0 Å². The minimum Gasteiger partial charge on any atom is -0.388 e. The highest BCUT2D eigenvalue weighted by molar-refractivity contribution is 5.83. The van der Waals surface area contributed by atoms with E-state index in [1.807, 2.05) is 42.5 Å². The number of benzene rings is 2. The van der Waals surface area contributed by atoms with Crippen LogP contribution in [0.4, 0.5) is 0 Å². The van der Waals surface area contributed by atoms with E-state index >= 15 is 0 Å². The standard InChI is InChI=1S/C16H15NO/c1-12(11-17)6-9-16(18)15-8-7-13-4-2-3-5-14(13)10-15/h2-8,10,16,18H,9H2,1H3/b12-6+/t16-/m1/s1. The van der Waals surface area contributed by atoms with E-state index in [1.54, 1.807) is 13.0 Å². The van der Waals surface area contributed by atoms with Gasteiger partial charge >= 0.3 is 0 Å². The van der Waals surface area contributed by atoms with E-state index in [2.05, 4.69) is 6.07 Å². The number of hydrogen-bond donors (Lipinski definition) is 1. The van der Waals surface area contributed by atoms with Crippen molar-refractivity contribution in [2.75, 3.05) is 0 Å². The SMILES string of the molecule is C/C(C#N)=C\C[C@@H](O)c1ccc2ccccc2c1. The van der Waals surface area contributed by atoms with E-state index in [0.29, 0.717) is 12.0 Å². The predicted molar refractivity (Wildman–Crippen MR) is 72.9 cm³/mol. The van der Waals surface area contributed by atoms with Crippen molar-refractivity contribution >= 4 is 10.8 Å². The third-order valence-electron chi connectivity index (χ3n) is 2.98. The summed E-state index contributed by atoms with van der Waals surface area (Å²) in [5.74, 6) is 0. The highest BCUT2D eigenvalue weighted by Crippen LogP contribution is 2.22. The summed E-state index contributed by atoms with van der Waals surface area (Å²) in [5, 5.41) is 21.0. The fraction of sp³-hybridized carbons (Fsp3) is 0.188. The maximum absolute atomic E-state index is 10.1. The maximum atomic E-state index is 10.1. The fourth-order valence-corrected chi connectivity index (χ4v) is 1.89. The van der Waals surface area contributed by atoms with Crippen LogP contribution in [0.25, 0.3) is 10.8 Å². The highest BCUT2D eigenvalue weighted by atomic mass is 16.3. The molecule has 0 aliphatic carbocycles. The lowest BCUT2D eigenvalue weighted by Gasteiger charge is -2.09. The molecule has 2 aromatic carbocycles. The van der Waals surface area contributed by atoms with Crippen LogP contribution < -0.4 is 0 Å². The van der Waals surface area contributed by atoms with Crippen molar-refractivity contribution in [3.8, 4) is 6.07 Å². The maximum Gasteiger partial charge on any atom is 0.0940 e. The number of hydrogen-bond acceptors (Lipinski definition) is 2. The van der Waals surface area contributed by atoms with E-state index < -0.39 is 6.10 Å². The summed E-state index contributed by atoms with van der Waals surface area (Å²) in [7, 11) is 0. The lowest BCUT2D eigenvalue weighted by atomic mass is 10.0. The minimum absolute atomic E-state index is 0.470. The summed E-state index contributed by atoms with van der Waals surface area (Å²) in [6, 6.07) is 16.0. The lowest BCUT2D eigenvalue weighted by Crippen LogP contribution is -1.95. The first-order valence-corrected chi connectivity index (χ1v) is 5.94. The number of allylic oxidation sites excluding steroid dienone is 1. The van der Waals surface area contributed by atoms with Gasteiger partial charge in [-0.2, -0.15) is 5.26 Å². The molecule has 0 fully saturated rings.